The maximum absolute atomic E-state index is 6.31. The number of halogens is 2. The predicted molar refractivity (Wildman–Crippen MR) is 84.3 cm³/mol. The lowest BCUT2D eigenvalue weighted by Crippen LogP contribution is -2.09. The van der Waals surface area contributed by atoms with E-state index in [1.54, 1.807) is 17.4 Å². The monoisotopic (exact) mass is 307 g/mol. The molecule has 96 valence electrons. The summed E-state index contributed by atoms with van der Waals surface area (Å²) in [5.74, 6) is 0. The van der Waals surface area contributed by atoms with E-state index in [2.05, 4.69) is 18.2 Å². The van der Waals surface area contributed by atoms with Crippen LogP contribution in [0, 0.1) is 0 Å². The average Bonchev–Trinajstić information content (AvgIpc) is 2.85. The fourth-order valence-electron chi connectivity index (χ4n) is 2.03. The maximum atomic E-state index is 6.31. The van der Waals surface area contributed by atoms with Gasteiger partial charge in [-0.3, -0.25) is 0 Å². The van der Waals surface area contributed by atoms with Crippen molar-refractivity contribution in [3.63, 3.8) is 0 Å². The Labute approximate surface area is 125 Å². The molecule has 0 fully saturated rings. The number of fused-ring (bicyclic) bond motifs is 1. The Morgan fingerprint density at radius 3 is 2.47 bits per heavy atom. The fraction of sp³-hybridized carbons (Fsp3) is 0.0667. The lowest BCUT2D eigenvalue weighted by molar-refractivity contribution is 0.894. The van der Waals surface area contributed by atoms with Gasteiger partial charge in [0.15, 0.2) is 0 Å². The highest BCUT2D eigenvalue weighted by molar-refractivity contribution is 7.19. The van der Waals surface area contributed by atoms with Crippen molar-refractivity contribution < 1.29 is 0 Å². The SMILES string of the molecule is NC(c1ccc(Cl)c(Cl)c1)c1cc2ccccc2s1. The molecular weight excluding hydrogens is 297 g/mol. The summed E-state index contributed by atoms with van der Waals surface area (Å²) in [4.78, 5) is 1.12. The minimum Gasteiger partial charge on any atom is -0.320 e. The molecule has 0 radical (unpaired) electrons. The number of hydrogen-bond donors (Lipinski definition) is 1. The van der Waals surface area contributed by atoms with E-state index in [-0.39, 0.29) is 6.04 Å². The van der Waals surface area contributed by atoms with E-state index in [1.807, 2.05) is 24.3 Å². The third-order valence-electron chi connectivity index (χ3n) is 3.05. The van der Waals surface area contributed by atoms with Gasteiger partial charge in [-0.25, -0.2) is 0 Å². The van der Waals surface area contributed by atoms with E-state index in [0.717, 1.165) is 10.4 Å². The number of hydrogen-bond acceptors (Lipinski definition) is 2. The first-order valence-corrected chi connectivity index (χ1v) is 7.41. The molecule has 4 heteroatoms. The Morgan fingerprint density at radius 1 is 0.947 bits per heavy atom. The van der Waals surface area contributed by atoms with E-state index in [9.17, 15) is 0 Å². The maximum Gasteiger partial charge on any atom is 0.0646 e. The smallest absolute Gasteiger partial charge is 0.0646 e. The molecule has 0 spiro atoms. The molecule has 0 amide bonds. The van der Waals surface area contributed by atoms with E-state index >= 15 is 0 Å². The van der Waals surface area contributed by atoms with Gasteiger partial charge in [-0.05, 0) is 35.2 Å². The van der Waals surface area contributed by atoms with Crippen LogP contribution in [0.1, 0.15) is 16.5 Å². The average molecular weight is 308 g/mol. The zero-order valence-electron chi connectivity index (χ0n) is 9.94. The molecule has 2 N–H and O–H groups in total. The quantitative estimate of drug-likeness (QED) is 0.687. The van der Waals surface area contributed by atoms with Gasteiger partial charge in [-0.1, -0.05) is 47.5 Å². The minimum absolute atomic E-state index is 0.174. The second-order valence-corrected chi connectivity index (χ2v) is 6.27. The number of benzene rings is 2. The van der Waals surface area contributed by atoms with Crippen LogP contribution in [0.3, 0.4) is 0 Å². The second kappa shape index (κ2) is 5.14. The van der Waals surface area contributed by atoms with Gasteiger partial charge in [0, 0.05) is 9.58 Å². The van der Waals surface area contributed by atoms with Crippen LogP contribution in [0.25, 0.3) is 10.1 Å². The third kappa shape index (κ3) is 2.49. The van der Waals surface area contributed by atoms with E-state index in [4.69, 9.17) is 28.9 Å². The lowest BCUT2D eigenvalue weighted by Gasteiger charge is -2.10. The Balaban J connectivity index is 2.02. The van der Waals surface area contributed by atoms with Crippen LogP contribution in [-0.4, -0.2) is 0 Å². The molecule has 0 aliphatic heterocycles. The summed E-state index contributed by atoms with van der Waals surface area (Å²) in [5, 5.41) is 2.31. The molecule has 1 unspecified atom stereocenters. The predicted octanol–water partition coefficient (Wildman–Crippen LogP) is 5.26. The van der Waals surface area contributed by atoms with Crippen molar-refractivity contribution in [2.24, 2.45) is 5.73 Å². The topological polar surface area (TPSA) is 26.0 Å². The number of rotatable bonds is 2. The van der Waals surface area contributed by atoms with Gasteiger partial charge in [0.1, 0.15) is 0 Å². The summed E-state index contributed by atoms with van der Waals surface area (Å²) in [6.07, 6.45) is 0. The van der Waals surface area contributed by atoms with Gasteiger partial charge in [-0.2, -0.15) is 0 Å². The Kier molecular flexibility index (Phi) is 3.50. The summed E-state index contributed by atoms with van der Waals surface area (Å²) in [6, 6.07) is 15.8. The van der Waals surface area contributed by atoms with Crippen molar-refractivity contribution in [2.75, 3.05) is 0 Å². The highest BCUT2D eigenvalue weighted by Crippen LogP contribution is 2.33. The Bertz CT molecular complexity index is 703. The largest absolute Gasteiger partial charge is 0.320 e. The summed E-state index contributed by atoms with van der Waals surface area (Å²) < 4.78 is 1.24. The highest BCUT2D eigenvalue weighted by Gasteiger charge is 2.13. The van der Waals surface area contributed by atoms with Crippen LogP contribution >= 0.6 is 34.5 Å². The summed E-state index contributed by atoms with van der Waals surface area (Å²) >= 11 is 13.7. The molecule has 0 aliphatic rings. The van der Waals surface area contributed by atoms with Crippen molar-refractivity contribution in [3.05, 3.63) is 69.0 Å². The molecule has 0 saturated heterocycles. The van der Waals surface area contributed by atoms with Crippen molar-refractivity contribution in [1.82, 2.24) is 0 Å². The van der Waals surface area contributed by atoms with Gasteiger partial charge in [0.2, 0.25) is 0 Å². The van der Waals surface area contributed by atoms with Gasteiger partial charge < -0.3 is 5.73 Å². The molecule has 3 aromatic rings. The van der Waals surface area contributed by atoms with Crippen LogP contribution in [0.4, 0.5) is 0 Å². The van der Waals surface area contributed by atoms with Gasteiger partial charge in [0.05, 0.1) is 16.1 Å². The highest BCUT2D eigenvalue weighted by atomic mass is 35.5. The summed E-state index contributed by atoms with van der Waals surface area (Å²) in [5.41, 5.74) is 7.28. The lowest BCUT2D eigenvalue weighted by atomic mass is 10.1. The van der Waals surface area contributed by atoms with E-state index in [0.29, 0.717) is 10.0 Å². The van der Waals surface area contributed by atoms with Crippen molar-refractivity contribution in [1.29, 1.82) is 0 Å². The molecule has 1 atom stereocenters. The van der Waals surface area contributed by atoms with Crippen molar-refractivity contribution >= 4 is 44.6 Å². The van der Waals surface area contributed by atoms with Crippen LogP contribution in [0.5, 0.6) is 0 Å². The molecular formula is C15H11Cl2NS. The molecule has 3 rings (SSSR count). The molecule has 1 nitrogen and oxygen atoms in total. The molecule has 2 aromatic carbocycles. The number of thiophene rings is 1. The first kappa shape index (κ1) is 12.9. The van der Waals surface area contributed by atoms with Crippen molar-refractivity contribution in [2.45, 2.75) is 6.04 Å². The van der Waals surface area contributed by atoms with Gasteiger partial charge in [-0.15, -0.1) is 11.3 Å². The molecule has 0 aliphatic carbocycles. The standard InChI is InChI=1S/C15H11Cl2NS/c16-11-6-5-10(7-12(11)17)15(18)14-8-9-3-1-2-4-13(9)19-14/h1-8,15H,18H2. The Morgan fingerprint density at radius 2 is 1.74 bits per heavy atom. The van der Waals surface area contributed by atoms with Crippen molar-refractivity contribution in [3.8, 4) is 0 Å². The minimum atomic E-state index is -0.174. The first-order chi connectivity index (χ1) is 9.15. The zero-order valence-corrected chi connectivity index (χ0v) is 12.3. The van der Waals surface area contributed by atoms with Crippen LogP contribution in [0.2, 0.25) is 10.0 Å². The summed E-state index contributed by atoms with van der Waals surface area (Å²) in [7, 11) is 0. The normalized spacial score (nSPS) is 12.8. The molecule has 1 aromatic heterocycles. The van der Waals surface area contributed by atoms with Crippen LogP contribution in [0.15, 0.2) is 48.5 Å². The van der Waals surface area contributed by atoms with Gasteiger partial charge in [0.25, 0.3) is 0 Å². The molecule has 0 saturated carbocycles. The van der Waals surface area contributed by atoms with Crippen LogP contribution < -0.4 is 5.73 Å². The number of nitrogens with two attached hydrogens (primary N) is 1. The zero-order chi connectivity index (χ0) is 13.4. The molecule has 0 bridgehead atoms. The van der Waals surface area contributed by atoms with E-state index < -0.39 is 0 Å². The van der Waals surface area contributed by atoms with E-state index in [1.165, 1.54) is 10.1 Å². The fourth-order valence-corrected chi connectivity index (χ4v) is 3.43. The van der Waals surface area contributed by atoms with Crippen LogP contribution in [-0.2, 0) is 0 Å². The van der Waals surface area contributed by atoms with Gasteiger partial charge >= 0.3 is 0 Å². The molecule has 1 heterocycles. The second-order valence-electron chi connectivity index (χ2n) is 4.34. The first-order valence-electron chi connectivity index (χ1n) is 5.84. The third-order valence-corrected chi connectivity index (χ3v) is 4.99. The molecule has 19 heavy (non-hydrogen) atoms. The Hall–Kier alpha value is -1.06. The summed E-state index contributed by atoms with van der Waals surface area (Å²) in [6.45, 7) is 0.